The topological polar surface area (TPSA) is 58.0 Å². The number of piperazine rings is 1. The van der Waals surface area contributed by atoms with E-state index in [0.717, 1.165) is 26.2 Å². The summed E-state index contributed by atoms with van der Waals surface area (Å²) in [6.07, 6.45) is 0. The molecular formula is C16H24FN4O2S+. The van der Waals surface area contributed by atoms with Crippen LogP contribution in [0.2, 0.25) is 0 Å². The van der Waals surface area contributed by atoms with Crippen molar-refractivity contribution in [2.45, 2.75) is 0 Å². The number of para-hydroxylation sites is 1. The molecule has 8 heteroatoms. The minimum atomic E-state index is -0.322. The Bertz CT molecular complexity index is 565. The average molecular weight is 355 g/mol. The van der Waals surface area contributed by atoms with Crippen LogP contribution in [-0.2, 0) is 9.53 Å². The van der Waals surface area contributed by atoms with Crippen LogP contribution >= 0.6 is 12.2 Å². The van der Waals surface area contributed by atoms with Crippen molar-refractivity contribution in [3.63, 3.8) is 0 Å². The number of halogens is 1. The fraction of sp³-hybridized carbons (Fsp3) is 0.500. The number of rotatable bonds is 6. The Morgan fingerprint density at radius 3 is 2.75 bits per heavy atom. The summed E-state index contributed by atoms with van der Waals surface area (Å²) in [4.78, 5) is 15.0. The summed E-state index contributed by atoms with van der Waals surface area (Å²) in [5, 5.41) is 6.29. The van der Waals surface area contributed by atoms with Gasteiger partial charge in [-0.2, -0.15) is 0 Å². The Labute approximate surface area is 146 Å². The van der Waals surface area contributed by atoms with E-state index in [2.05, 4.69) is 10.6 Å². The van der Waals surface area contributed by atoms with Gasteiger partial charge in [0.2, 0.25) is 0 Å². The molecule has 2 rings (SSSR count). The van der Waals surface area contributed by atoms with Crippen molar-refractivity contribution in [1.82, 2.24) is 10.2 Å². The van der Waals surface area contributed by atoms with Gasteiger partial charge < -0.3 is 25.2 Å². The molecule has 6 nitrogen and oxygen atoms in total. The van der Waals surface area contributed by atoms with Crippen molar-refractivity contribution in [2.24, 2.45) is 0 Å². The predicted molar refractivity (Wildman–Crippen MR) is 94.6 cm³/mol. The third-order valence-electron chi connectivity index (χ3n) is 3.91. The van der Waals surface area contributed by atoms with Crippen LogP contribution in [0.25, 0.3) is 0 Å². The Hall–Kier alpha value is -1.77. The second-order valence-electron chi connectivity index (χ2n) is 5.67. The summed E-state index contributed by atoms with van der Waals surface area (Å²) >= 11 is 5.36. The molecule has 0 aromatic heterocycles. The lowest BCUT2D eigenvalue weighted by Gasteiger charge is -2.33. The van der Waals surface area contributed by atoms with E-state index in [0.29, 0.717) is 30.5 Å². The molecule has 1 aromatic carbocycles. The number of amides is 1. The van der Waals surface area contributed by atoms with Crippen LogP contribution in [0.1, 0.15) is 0 Å². The Balaban J connectivity index is 1.73. The molecule has 0 aliphatic carbocycles. The number of methoxy groups -OCH3 is 1. The standard InChI is InChI=1S/C16H23FN4O2S/c1-23-11-6-18-15(22)12-20-7-9-21(10-8-20)16(24)19-14-5-3-2-4-13(14)17/h2-5H,6-12H2,1H3,(H,18,22)(H,19,24)/p+1. The highest BCUT2D eigenvalue weighted by Crippen LogP contribution is 2.13. The molecule has 0 atom stereocenters. The first-order valence-electron chi connectivity index (χ1n) is 8.00. The fourth-order valence-electron chi connectivity index (χ4n) is 2.54. The maximum absolute atomic E-state index is 13.7. The molecule has 1 saturated heterocycles. The van der Waals surface area contributed by atoms with Crippen LogP contribution in [0.4, 0.5) is 10.1 Å². The fourth-order valence-corrected chi connectivity index (χ4v) is 2.83. The van der Waals surface area contributed by atoms with Gasteiger partial charge in [0.1, 0.15) is 5.82 Å². The molecule has 3 N–H and O–H groups in total. The summed E-state index contributed by atoms with van der Waals surface area (Å²) in [5.41, 5.74) is 0.384. The van der Waals surface area contributed by atoms with Gasteiger partial charge in [0, 0.05) is 13.7 Å². The summed E-state index contributed by atoms with van der Waals surface area (Å²) in [6, 6.07) is 6.46. The zero-order valence-corrected chi connectivity index (χ0v) is 14.6. The predicted octanol–water partition coefficient (Wildman–Crippen LogP) is -0.514. The number of ether oxygens (including phenoxy) is 1. The largest absolute Gasteiger partial charge is 0.383 e. The van der Waals surface area contributed by atoms with Crippen LogP contribution in [-0.4, -0.2) is 68.9 Å². The third kappa shape index (κ3) is 5.70. The van der Waals surface area contributed by atoms with E-state index in [-0.39, 0.29) is 11.7 Å². The maximum atomic E-state index is 13.7. The van der Waals surface area contributed by atoms with Gasteiger partial charge >= 0.3 is 0 Å². The highest BCUT2D eigenvalue weighted by atomic mass is 32.1. The summed E-state index contributed by atoms with van der Waals surface area (Å²) in [7, 11) is 1.61. The van der Waals surface area contributed by atoms with Gasteiger partial charge in [-0.15, -0.1) is 0 Å². The van der Waals surface area contributed by atoms with Gasteiger partial charge in [-0.05, 0) is 24.4 Å². The number of hydrogen-bond donors (Lipinski definition) is 3. The Morgan fingerprint density at radius 1 is 1.38 bits per heavy atom. The number of nitrogens with one attached hydrogen (secondary N) is 3. The first-order valence-corrected chi connectivity index (χ1v) is 8.40. The molecule has 1 aliphatic heterocycles. The van der Waals surface area contributed by atoms with Gasteiger partial charge in [-0.3, -0.25) is 4.79 Å². The zero-order chi connectivity index (χ0) is 17.4. The number of anilines is 1. The first-order chi connectivity index (χ1) is 11.6. The van der Waals surface area contributed by atoms with Crippen molar-refractivity contribution in [2.75, 3.05) is 58.3 Å². The molecule has 1 fully saturated rings. The molecule has 132 valence electrons. The minimum Gasteiger partial charge on any atom is -0.383 e. The van der Waals surface area contributed by atoms with Crippen LogP contribution in [0, 0.1) is 5.82 Å². The average Bonchev–Trinajstić information content (AvgIpc) is 2.58. The maximum Gasteiger partial charge on any atom is 0.275 e. The van der Waals surface area contributed by atoms with Crippen LogP contribution in [0.5, 0.6) is 0 Å². The van der Waals surface area contributed by atoms with Crippen molar-refractivity contribution in [3.05, 3.63) is 30.1 Å². The van der Waals surface area contributed by atoms with Crippen molar-refractivity contribution < 1.29 is 18.8 Å². The molecule has 0 radical (unpaired) electrons. The third-order valence-corrected chi connectivity index (χ3v) is 4.27. The molecule has 0 bridgehead atoms. The van der Waals surface area contributed by atoms with Gasteiger partial charge in [0.15, 0.2) is 11.7 Å². The summed E-state index contributed by atoms with van der Waals surface area (Å²) in [6.45, 7) is 4.61. The molecule has 1 amide bonds. The first kappa shape index (κ1) is 18.6. The molecule has 0 unspecified atom stereocenters. The lowest BCUT2D eigenvalue weighted by Crippen LogP contribution is -3.15. The van der Waals surface area contributed by atoms with E-state index in [1.54, 1.807) is 25.3 Å². The van der Waals surface area contributed by atoms with E-state index in [9.17, 15) is 9.18 Å². The lowest BCUT2D eigenvalue weighted by atomic mass is 10.3. The van der Waals surface area contributed by atoms with E-state index < -0.39 is 0 Å². The molecule has 1 aromatic rings. The molecule has 0 saturated carbocycles. The number of carbonyl (C=O) groups is 1. The summed E-state index contributed by atoms with van der Waals surface area (Å²) < 4.78 is 18.6. The number of nitrogens with zero attached hydrogens (tertiary/aromatic N) is 1. The van der Waals surface area contributed by atoms with Gasteiger partial charge in [0.05, 0.1) is 38.5 Å². The number of benzene rings is 1. The Kier molecular flexibility index (Phi) is 7.36. The van der Waals surface area contributed by atoms with Gasteiger partial charge in [-0.1, -0.05) is 12.1 Å². The number of carbonyl (C=O) groups excluding carboxylic acids is 1. The second kappa shape index (κ2) is 9.51. The quantitative estimate of drug-likeness (QED) is 0.474. The Morgan fingerprint density at radius 2 is 2.08 bits per heavy atom. The van der Waals surface area contributed by atoms with Crippen molar-refractivity contribution in [1.29, 1.82) is 0 Å². The lowest BCUT2D eigenvalue weighted by molar-refractivity contribution is -0.895. The zero-order valence-electron chi connectivity index (χ0n) is 13.8. The second-order valence-corrected chi connectivity index (χ2v) is 6.05. The van der Waals surface area contributed by atoms with E-state index in [1.165, 1.54) is 11.0 Å². The SMILES string of the molecule is COCCNC(=O)C[NH+]1CCN(C(=S)Nc2ccccc2F)CC1. The number of thiocarbonyl (C=S) groups is 1. The highest BCUT2D eigenvalue weighted by Gasteiger charge is 2.23. The van der Waals surface area contributed by atoms with Gasteiger partial charge in [0.25, 0.3) is 5.91 Å². The van der Waals surface area contributed by atoms with Crippen molar-refractivity contribution >= 4 is 28.9 Å². The van der Waals surface area contributed by atoms with Crippen LogP contribution in [0.15, 0.2) is 24.3 Å². The minimum absolute atomic E-state index is 0.0301. The van der Waals surface area contributed by atoms with Crippen LogP contribution < -0.4 is 15.5 Å². The van der Waals surface area contributed by atoms with E-state index >= 15 is 0 Å². The van der Waals surface area contributed by atoms with Crippen molar-refractivity contribution in [3.8, 4) is 0 Å². The highest BCUT2D eigenvalue weighted by molar-refractivity contribution is 7.80. The number of hydrogen-bond acceptors (Lipinski definition) is 3. The monoisotopic (exact) mass is 355 g/mol. The van der Waals surface area contributed by atoms with E-state index in [4.69, 9.17) is 17.0 Å². The smallest absolute Gasteiger partial charge is 0.275 e. The van der Waals surface area contributed by atoms with Gasteiger partial charge in [-0.25, -0.2) is 4.39 Å². The molecular weight excluding hydrogens is 331 g/mol. The number of quaternary nitrogens is 1. The molecule has 1 aliphatic rings. The molecule has 0 spiro atoms. The normalized spacial score (nSPS) is 15.2. The van der Waals surface area contributed by atoms with E-state index in [1.807, 2.05) is 4.90 Å². The molecule has 1 heterocycles. The van der Waals surface area contributed by atoms with Crippen LogP contribution in [0.3, 0.4) is 0 Å². The molecule has 24 heavy (non-hydrogen) atoms. The summed E-state index contributed by atoms with van der Waals surface area (Å²) in [5.74, 6) is -0.292.